The van der Waals surface area contributed by atoms with Crippen molar-refractivity contribution < 1.29 is 38.4 Å². The zero-order chi connectivity index (χ0) is 37.8. The number of nitrogens with zero attached hydrogens (tertiary/aromatic N) is 2. The molecule has 6 rings (SSSR count). The van der Waals surface area contributed by atoms with E-state index in [-0.39, 0.29) is 30.7 Å². The number of hydrogen-bond acceptors (Lipinski definition) is 9. The molecule has 1 saturated carbocycles. The third kappa shape index (κ3) is 8.25. The van der Waals surface area contributed by atoms with Crippen molar-refractivity contribution in [2.45, 2.75) is 95.2 Å². The van der Waals surface area contributed by atoms with E-state index in [9.17, 15) is 33.9 Å². The fraction of sp³-hybridized carbons (Fsp3) is 0.447. The topological polar surface area (TPSA) is 212 Å². The van der Waals surface area contributed by atoms with Gasteiger partial charge in [0.1, 0.15) is 41.2 Å². The van der Waals surface area contributed by atoms with Gasteiger partial charge in [-0.2, -0.15) is 0 Å². The van der Waals surface area contributed by atoms with Crippen molar-refractivity contribution in [2.24, 2.45) is 5.92 Å². The maximum Gasteiger partial charge on any atom is 0.257 e. The largest absolute Gasteiger partial charge is 0.391 e. The lowest BCUT2D eigenvalue weighted by Crippen LogP contribution is -2.61. The lowest BCUT2D eigenvalue weighted by Gasteiger charge is -2.32. The van der Waals surface area contributed by atoms with Gasteiger partial charge in [-0.1, -0.05) is 72.2 Å². The van der Waals surface area contributed by atoms with Crippen LogP contribution in [0.15, 0.2) is 65.2 Å². The summed E-state index contributed by atoms with van der Waals surface area (Å²) in [5.41, 5.74) is 1.93. The summed E-state index contributed by atoms with van der Waals surface area (Å²) in [4.78, 5) is 84.3. The van der Waals surface area contributed by atoms with Crippen LogP contribution in [0.2, 0.25) is 0 Å². The fourth-order valence-corrected chi connectivity index (χ4v) is 7.43. The van der Waals surface area contributed by atoms with Gasteiger partial charge in [-0.05, 0) is 45.6 Å². The fourth-order valence-electron chi connectivity index (χ4n) is 7.43. The van der Waals surface area contributed by atoms with Gasteiger partial charge < -0.3 is 41.1 Å². The maximum atomic E-state index is 14.6. The van der Waals surface area contributed by atoms with Crippen LogP contribution in [0.25, 0.3) is 11.3 Å². The van der Waals surface area contributed by atoms with Crippen LogP contribution < -0.4 is 26.6 Å². The first-order valence-electron chi connectivity index (χ1n) is 18.0. The van der Waals surface area contributed by atoms with Crippen LogP contribution in [-0.4, -0.2) is 99.5 Å². The smallest absolute Gasteiger partial charge is 0.257 e. The normalized spacial score (nSPS) is 27.5. The standard InChI is InChI=1S/C38H45N7O8/c1-20-33(47)41-27-16-10-15-26(27)34(48)43-31(21(2)46)37(51)42-28(17-23-11-6-4-7-12-23)38(52)45-19-25(18-29(45)35(49)39-20)40-36(50)30-22(3)53-44-32(30)24-13-8-5-9-14-24/h4-9,11-14,20-21,25-29,31,46H,10,15-19H2,1-3H3,(H,39,49)(H,40,50)(H,41,47)(H,42,51)(H,43,48)/t20-,21+,25+,26+,27+,28-,29-,31-/m0/s1. The molecule has 15 heteroatoms. The van der Waals surface area contributed by atoms with Gasteiger partial charge in [-0.15, -0.1) is 0 Å². The zero-order valence-electron chi connectivity index (χ0n) is 29.8. The molecule has 1 aromatic heterocycles. The second-order valence-corrected chi connectivity index (χ2v) is 14.1. The Labute approximate surface area is 306 Å². The van der Waals surface area contributed by atoms with Crippen LogP contribution in [0.1, 0.15) is 61.2 Å². The van der Waals surface area contributed by atoms with Crippen molar-refractivity contribution in [3.8, 4) is 11.3 Å². The molecule has 0 unspecified atom stereocenters. The number of carbonyl (C=O) groups excluding carboxylic acids is 6. The molecule has 8 atom stereocenters. The highest BCUT2D eigenvalue weighted by molar-refractivity contribution is 6.01. The number of carbonyl (C=O) groups is 6. The van der Waals surface area contributed by atoms with Crippen LogP contribution in [-0.2, 0) is 30.4 Å². The predicted octanol–water partition coefficient (Wildman–Crippen LogP) is 0.746. The molecule has 53 heavy (non-hydrogen) atoms. The lowest BCUT2D eigenvalue weighted by molar-refractivity contribution is -0.143. The van der Waals surface area contributed by atoms with E-state index in [2.05, 4.69) is 31.7 Å². The van der Waals surface area contributed by atoms with Crippen LogP contribution in [0, 0.1) is 12.8 Å². The number of fused-ring (bicyclic) bond motifs is 2. The van der Waals surface area contributed by atoms with Crippen molar-refractivity contribution in [1.29, 1.82) is 0 Å². The average molecular weight is 728 g/mol. The Bertz CT molecular complexity index is 1850. The molecule has 3 aliphatic rings. The van der Waals surface area contributed by atoms with Gasteiger partial charge in [0.2, 0.25) is 29.5 Å². The molecular formula is C38H45N7O8. The van der Waals surface area contributed by atoms with E-state index in [1.54, 1.807) is 43.3 Å². The predicted molar refractivity (Wildman–Crippen MR) is 191 cm³/mol. The number of hydrogen-bond donors (Lipinski definition) is 6. The van der Waals surface area contributed by atoms with E-state index < -0.39 is 83.7 Å². The number of aryl methyl sites for hydroxylation is 1. The van der Waals surface area contributed by atoms with E-state index in [1.807, 2.05) is 24.3 Å². The van der Waals surface area contributed by atoms with Gasteiger partial charge in [0.15, 0.2) is 0 Å². The maximum absolute atomic E-state index is 14.6. The number of aliphatic hydroxyl groups is 1. The molecule has 6 N–H and O–H groups in total. The molecular weight excluding hydrogens is 682 g/mol. The Kier molecular flexibility index (Phi) is 11.2. The first-order valence-corrected chi connectivity index (χ1v) is 18.0. The molecule has 1 aliphatic carbocycles. The molecule has 2 aromatic carbocycles. The summed E-state index contributed by atoms with van der Waals surface area (Å²) in [5.74, 6) is -3.96. The van der Waals surface area contributed by atoms with Crippen molar-refractivity contribution in [3.05, 3.63) is 77.6 Å². The Morgan fingerprint density at radius 3 is 2.32 bits per heavy atom. The Balaban J connectivity index is 1.33. The van der Waals surface area contributed by atoms with E-state index in [0.717, 1.165) is 0 Å². The molecule has 0 bridgehead atoms. The van der Waals surface area contributed by atoms with Gasteiger partial charge in [0.05, 0.1) is 12.0 Å². The van der Waals surface area contributed by atoms with E-state index in [4.69, 9.17) is 4.52 Å². The molecule has 0 spiro atoms. The number of rotatable bonds is 6. The summed E-state index contributed by atoms with van der Waals surface area (Å²) in [7, 11) is 0. The summed E-state index contributed by atoms with van der Waals surface area (Å²) in [5, 5.41) is 28.7. The van der Waals surface area contributed by atoms with Crippen molar-refractivity contribution in [2.75, 3.05) is 6.54 Å². The number of aliphatic hydroxyl groups excluding tert-OH is 1. The minimum atomic E-state index is -1.41. The monoisotopic (exact) mass is 727 g/mol. The zero-order valence-corrected chi connectivity index (χ0v) is 29.8. The van der Waals surface area contributed by atoms with E-state index in [0.29, 0.717) is 36.1 Å². The summed E-state index contributed by atoms with van der Waals surface area (Å²) in [6, 6.07) is 11.9. The second kappa shape index (κ2) is 16.0. The summed E-state index contributed by atoms with van der Waals surface area (Å²) < 4.78 is 5.39. The quantitative estimate of drug-likeness (QED) is 0.211. The highest BCUT2D eigenvalue weighted by Gasteiger charge is 2.45. The average Bonchev–Trinajstić information content (AvgIpc) is 3.88. The molecule has 280 valence electrons. The third-order valence-corrected chi connectivity index (χ3v) is 10.3. The molecule has 3 heterocycles. The SMILES string of the molecule is Cc1onc(-c2ccccc2)c1C(=O)N[C@@H]1C[C@H]2C(=O)N[C@@H](C)C(=O)N[C@@H]3CCC[C@H]3C(=O)N[C@@H]([C@@H](C)O)C(=O)N[C@@H](Cc3ccccc3)C(=O)N2C1. The minimum Gasteiger partial charge on any atom is -0.391 e. The second-order valence-electron chi connectivity index (χ2n) is 14.1. The van der Waals surface area contributed by atoms with Gasteiger partial charge in [-0.25, -0.2) is 0 Å². The number of amides is 6. The molecule has 2 saturated heterocycles. The van der Waals surface area contributed by atoms with E-state index in [1.165, 1.54) is 18.7 Å². The number of benzene rings is 2. The van der Waals surface area contributed by atoms with Crippen molar-refractivity contribution >= 4 is 35.4 Å². The van der Waals surface area contributed by atoms with Gasteiger partial charge in [0.25, 0.3) is 5.91 Å². The Morgan fingerprint density at radius 1 is 0.925 bits per heavy atom. The molecule has 15 nitrogen and oxygen atoms in total. The molecule has 0 radical (unpaired) electrons. The van der Waals surface area contributed by atoms with E-state index >= 15 is 0 Å². The highest BCUT2D eigenvalue weighted by Crippen LogP contribution is 2.28. The Hall–Kier alpha value is -5.57. The number of aromatic nitrogens is 1. The minimum absolute atomic E-state index is 0.00566. The first kappa shape index (κ1) is 37.2. The van der Waals surface area contributed by atoms with Gasteiger partial charge in [-0.3, -0.25) is 28.8 Å². The van der Waals surface area contributed by atoms with Crippen LogP contribution in [0.5, 0.6) is 0 Å². The Morgan fingerprint density at radius 2 is 1.62 bits per heavy atom. The van der Waals surface area contributed by atoms with Crippen LogP contribution in [0.3, 0.4) is 0 Å². The molecule has 3 fully saturated rings. The third-order valence-electron chi connectivity index (χ3n) is 10.3. The van der Waals surface area contributed by atoms with Crippen molar-refractivity contribution in [1.82, 2.24) is 36.6 Å². The molecule has 6 amide bonds. The van der Waals surface area contributed by atoms with Crippen LogP contribution in [0.4, 0.5) is 0 Å². The number of nitrogens with one attached hydrogen (secondary N) is 5. The molecule has 2 aliphatic heterocycles. The molecule has 3 aromatic rings. The van der Waals surface area contributed by atoms with Gasteiger partial charge in [0, 0.05) is 30.6 Å². The first-order chi connectivity index (χ1) is 25.4. The van der Waals surface area contributed by atoms with Crippen LogP contribution >= 0.6 is 0 Å². The summed E-state index contributed by atoms with van der Waals surface area (Å²) in [6.07, 6.45) is 0.314. The van der Waals surface area contributed by atoms with Gasteiger partial charge >= 0.3 is 0 Å². The summed E-state index contributed by atoms with van der Waals surface area (Å²) >= 11 is 0. The highest BCUT2D eigenvalue weighted by atomic mass is 16.5. The lowest BCUT2D eigenvalue weighted by atomic mass is 10.00. The summed E-state index contributed by atoms with van der Waals surface area (Å²) in [6.45, 7) is 4.39. The van der Waals surface area contributed by atoms with Crippen molar-refractivity contribution in [3.63, 3.8) is 0 Å².